The minimum Gasteiger partial charge on any atom is -0.423 e. The van der Waals surface area contributed by atoms with E-state index in [0.29, 0.717) is 15.4 Å². The van der Waals surface area contributed by atoms with Gasteiger partial charge >= 0.3 is 7.12 Å². The number of anilines is 1. The predicted octanol–water partition coefficient (Wildman–Crippen LogP) is 0.452. The first kappa shape index (κ1) is 9.85. The Kier molecular flexibility index (Phi) is 2.44. The first-order valence-corrected chi connectivity index (χ1v) is 5.22. The minimum absolute atomic E-state index is 0.512. The summed E-state index contributed by atoms with van der Waals surface area (Å²) in [5.41, 5.74) is 6.27. The highest BCUT2D eigenvalue weighted by Crippen LogP contribution is 2.27. The van der Waals surface area contributed by atoms with Crippen LogP contribution in [0.4, 0.5) is 5.69 Å². The number of nitrogen functional groups attached to an aromatic ring is 1. The van der Waals surface area contributed by atoms with Gasteiger partial charge in [-0.1, -0.05) is 0 Å². The second-order valence-corrected chi connectivity index (χ2v) is 4.57. The predicted molar refractivity (Wildman–Crippen MR) is 63.3 cm³/mol. The van der Waals surface area contributed by atoms with Crippen molar-refractivity contribution in [2.24, 2.45) is 0 Å². The van der Waals surface area contributed by atoms with Gasteiger partial charge < -0.3 is 15.8 Å². The summed E-state index contributed by atoms with van der Waals surface area (Å²) < 4.78 is 1.46. The van der Waals surface area contributed by atoms with E-state index in [1.165, 1.54) is 11.3 Å². The Labute approximate surface area is 90.7 Å². The van der Waals surface area contributed by atoms with Crippen LogP contribution in [0.2, 0.25) is 0 Å². The van der Waals surface area contributed by atoms with Crippen LogP contribution in [0.5, 0.6) is 0 Å². The van der Waals surface area contributed by atoms with E-state index in [0.717, 1.165) is 10.1 Å². The first-order valence-electron chi connectivity index (χ1n) is 3.96. The maximum absolute atomic E-state index is 8.98. The van der Waals surface area contributed by atoms with Crippen LogP contribution in [-0.2, 0) is 0 Å². The fourth-order valence-corrected chi connectivity index (χ4v) is 2.48. The number of fused-ring (bicyclic) bond motifs is 1. The minimum atomic E-state index is -1.42. The molecule has 2 rings (SSSR count). The van der Waals surface area contributed by atoms with Crippen molar-refractivity contribution >= 4 is 51.6 Å². The standard InChI is InChI=1S/C8H8BNO2S2/c10-5-1-4-2-8(9(11)12)14-7(4)3-6(5)13/h1-3,11-13H,10H2. The molecule has 0 radical (unpaired) electrons. The summed E-state index contributed by atoms with van der Waals surface area (Å²) in [6.07, 6.45) is 0. The lowest BCUT2D eigenvalue weighted by atomic mass is 9.89. The maximum Gasteiger partial charge on any atom is 0.499 e. The SMILES string of the molecule is Nc1cc2cc(B(O)O)sc2cc1S. The average Bonchev–Trinajstić information content (AvgIpc) is 2.48. The van der Waals surface area contributed by atoms with Crippen LogP contribution < -0.4 is 10.5 Å². The van der Waals surface area contributed by atoms with Crippen molar-refractivity contribution in [2.45, 2.75) is 4.90 Å². The van der Waals surface area contributed by atoms with Crippen molar-refractivity contribution in [1.29, 1.82) is 0 Å². The van der Waals surface area contributed by atoms with Crippen molar-refractivity contribution in [3.63, 3.8) is 0 Å². The molecule has 0 saturated heterocycles. The van der Waals surface area contributed by atoms with E-state index in [2.05, 4.69) is 12.6 Å². The Hall–Kier alpha value is -0.685. The van der Waals surface area contributed by atoms with E-state index in [4.69, 9.17) is 15.8 Å². The molecule has 72 valence electrons. The van der Waals surface area contributed by atoms with Crippen LogP contribution in [0.3, 0.4) is 0 Å². The number of thiophene rings is 1. The highest BCUT2D eigenvalue weighted by atomic mass is 32.1. The highest BCUT2D eigenvalue weighted by molar-refractivity contribution is 7.80. The number of nitrogens with two attached hydrogens (primary N) is 1. The quantitative estimate of drug-likeness (QED) is 0.323. The van der Waals surface area contributed by atoms with E-state index in [-0.39, 0.29) is 0 Å². The number of hydrogen-bond donors (Lipinski definition) is 4. The van der Waals surface area contributed by atoms with Gasteiger partial charge in [-0.3, -0.25) is 0 Å². The van der Waals surface area contributed by atoms with E-state index in [1.807, 2.05) is 6.07 Å². The Balaban J connectivity index is 2.66. The Morgan fingerprint density at radius 3 is 2.64 bits per heavy atom. The van der Waals surface area contributed by atoms with Gasteiger partial charge in [-0.25, -0.2) is 0 Å². The van der Waals surface area contributed by atoms with E-state index < -0.39 is 7.12 Å². The lowest BCUT2D eigenvalue weighted by molar-refractivity contribution is 0.427. The third-order valence-corrected chi connectivity index (χ3v) is 3.46. The molecule has 0 aliphatic heterocycles. The van der Waals surface area contributed by atoms with E-state index in [9.17, 15) is 0 Å². The van der Waals surface area contributed by atoms with Gasteiger partial charge in [0.1, 0.15) is 0 Å². The lowest BCUT2D eigenvalue weighted by Gasteiger charge is -1.97. The molecule has 3 nitrogen and oxygen atoms in total. The van der Waals surface area contributed by atoms with Gasteiger partial charge in [0.2, 0.25) is 0 Å². The molecule has 0 saturated carbocycles. The molecule has 2 aromatic rings. The molecule has 6 heteroatoms. The van der Waals surface area contributed by atoms with Gasteiger partial charge in [0.05, 0.1) is 0 Å². The average molecular weight is 225 g/mol. The fraction of sp³-hybridized carbons (Fsp3) is 0. The van der Waals surface area contributed by atoms with E-state index >= 15 is 0 Å². The third-order valence-electron chi connectivity index (χ3n) is 1.94. The number of hydrogen-bond acceptors (Lipinski definition) is 5. The van der Waals surface area contributed by atoms with Crippen molar-refractivity contribution < 1.29 is 10.0 Å². The van der Waals surface area contributed by atoms with Crippen LogP contribution in [0.1, 0.15) is 0 Å². The molecular formula is C8H8BNO2S2. The molecular weight excluding hydrogens is 217 g/mol. The van der Waals surface area contributed by atoms with Crippen molar-refractivity contribution in [3.05, 3.63) is 18.2 Å². The smallest absolute Gasteiger partial charge is 0.423 e. The fourth-order valence-electron chi connectivity index (χ4n) is 1.24. The van der Waals surface area contributed by atoms with Gasteiger partial charge in [-0.15, -0.1) is 24.0 Å². The second kappa shape index (κ2) is 3.47. The van der Waals surface area contributed by atoms with Crippen LogP contribution >= 0.6 is 24.0 Å². The zero-order chi connectivity index (χ0) is 10.3. The second-order valence-electron chi connectivity index (χ2n) is 2.97. The topological polar surface area (TPSA) is 66.5 Å². The molecule has 0 spiro atoms. The van der Waals surface area contributed by atoms with Gasteiger partial charge in [0, 0.05) is 20.1 Å². The molecule has 1 aromatic carbocycles. The summed E-state index contributed by atoms with van der Waals surface area (Å²) >= 11 is 5.52. The maximum atomic E-state index is 8.98. The van der Waals surface area contributed by atoms with E-state index in [1.54, 1.807) is 12.1 Å². The molecule has 0 atom stereocenters. The van der Waals surface area contributed by atoms with Crippen molar-refractivity contribution in [2.75, 3.05) is 5.73 Å². The van der Waals surface area contributed by atoms with Gasteiger partial charge in [-0.05, 0) is 23.6 Å². The van der Waals surface area contributed by atoms with Gasteiger partial charge in [0.25, 0.3) is 0 Å². The van der Waals surface area contributed by atoms with Crippen LogP contribution in [-0.4, -0.2) is 17.2 Å². The van der Waals surface area contributed by atoms with Gasteiger partial charge in [0.15, 0.2) is 0 Å². The summed E-state index contributed by atoms with van der Waals surface area (Å²) in [6.45, 7) is 0. The molecule has 0 unspecified atom stereocenters. The number of rotatable bonds is 1. The Bertz CT molecular complexity index is 444. The Morgan fingerprint density at radius 2 is 2.00 bits per heavy atom. The zero-order valence-corrected chi connectivity index (χ0v) is 8.85. The normalized spacial score (nSPS) is 10.8. The number of thiol groups is 1. The number of benzene rings is 1. The zero-order valence-electron chi connectivity index (χ0n) is 7.14. The third kappa shape index (κ3) is 1.61. The summed E-state index contributed by atoms with van der Waals surface area (Å²) in [5.74, 6) is 0. The lowest BCUT2D eigenvalue weighted by Crippen LogP contribution is -2.26. The largest absolute Gasteiger partial charge is 0.499 e. The molecule has 0 aliphatic rings. The Morgan fingerprint density at radius 1 is 1.29 bits per heavy atom. The summed E-state index contributed by atoms with van der Waals surface area (Å²) in [7, 11) is -1.42. The van der Waals surface area contributed by atoms with Crippen LogP contribution in [0.15, 0.2) is 23.1 Å². The highest BCUT2D eigenvalue weighted by Gasteiger charge is 2.14. The van der Waals surface area contributed by atoms with Crippen molar-refractivity contribution in [1.82, 2.24) is 0 Å². The first-order chi connectivity index (χ1) is 6.58. The van der Waals surface area contributed by atoms with Crippen LogP contribution in [0.25, 0.3) is 10.1 Å². The molecule has 0 aliphatic carbocycles. The molecule has 14 heavy (non-hydrogen) atoms. The molecule has 4 N–H and O–H groups in total. The summed E-state index contributed by atoms with van der Waals surface area (Å²) in [6, 6.07) is 5.32. The summed E-state index contributed by atoms with van der Waals surface area (Å²) in [4.78, 5) is 0.707. The molecule has 0 amide bonds. The molecule has 1 aromatic heterocycles. The molecule has 0 bridgehead atoms. The molecule has 1 heterocycles. The van der Waals surface area contributed by atoms with Crippen molar-refractivity contribution in [3.8, 4) is 0 Å². The van der Waals surface area contributed by atoms with Gasteiger partial charge in [-0.2, -0.15) is 0 Å². The summed E-state index contributed by atoms with van der Waals surface area (Å²) in [5, 5.41) is 18.9. The molecule has 0 fully saturated rings. The van der Waals surface area contributed by atoms with Crippen LogP contribution in [0, 0.1) is 0 Å². The monoisotopic (exact) mass is 225 g/mol.